The van der Waals surface area contributed by atoms with Crippen LogP contribution in [0, 0.1) is 0 Å². The van der Waals surface area contributed by atoms with Crippen LogP contribution in [0.25, 0.3) is 0 Å². The molecule has 0 fully saturated rings. The van der Waals surface area contributed by atoms with Gasteiger partial charge >= 0.3 is 5.97 Å². The van der Waals surface area contributed by atoms with Crippen LogP contribution < -0.4 is 14.4 Å². The van der Waals surface area contributed by atoms with Gasteiger partial charge in [-0.15, -0.1) is 0 Å². The maximum atomic E-state index is 12.5. The minimum Gasteiger partial charge on any atom is -0.490 e. The fraction of sp³-hybridized carbons (Fsp3) is 0.370. The van der Waals surface area contributed by atoms with Gasteiger partial charge in [-0.2, -0.15) is 0 Å². The average molecular weight is 464 g/mol. The van der Waals surface area contributed by atoms with Crippen molar-refractivity contribution < 1.29 is 19.0 Å². The first-order valence-corrected chi connectivity index (χ1v) is 11.4. The fourth-order valence-electron chi connectivity index (χ4n) is 3.33. The molecule has 7 heteroatoms. The highest BCUT2D eigenvalue weighted by atomic mass is 16.6. The lowest BCUT2D eigenvalue weighted by Crippen LogP contribution is -2.24. The Morgan fingerprint density at radius 1 is 0.971 bits per heavy atom. The lowest BCUT2D eigenvalue weighted by molar-refractivity contribution is 0.00695. The zero-order chi connectivity index (χ0) is 24.7. The van der Waals surface area contributed by atoms with Crippen LogP contribution >= 0.6 is 0 Å². The molecule has 0 amide bonds. The van der Waals surface area contributed by atoms with Crippen molar-refractivity contribution in [1.82, 2.24) is 9.97 Å². The number of rotatable bonds is 9. The second-order valence-corrected chi connectivity index (χ2v) is 9.11. The third-order valence-corrected chi connectivity index (χ3v) is 4.67. The van der Waals surface area contributed by atoms with Crippen molar-refractivity contribution in [2.75, 3.05) is 11.5 Å². The standard InChI is InChI=1S/C27H33N3O4/c1-7-32-24-13-12-23(14-25(24)33-19(2)3)30(17-20-15-28-18-29-16-20)22-10-8-21(9-11-22)26(31)34-27(4,5)6/h8-16,18-19H,7,17H2,1-6H3. The van der Waals surface area contributed by atoms with Gasteiger partial charge in [-0.3, -0.25) is 0 Å². The molecule has 1 heterocycles. The van der Waals surface area contributed by atoms with Gasteiger partial charge in [0.15, 0.2) is 11.5 Å². The van der Waals surface area contributed by atoms with Gasteiger partial charge in [0.25, 0.3) is 0 Å². The van der Waals surface area contributed by atoms with E-state index in [0.29, 0.717) is 30.2 Å². The Morgan fingerprint density at radius 2 is 1.62 bits per heavy atom. The van der Waals surface area contributed by atoms with Crippen molar-refractivity contribution >= 4 is 17.3 Å². The van der Waals surface area contributed by atoms with Crippen LogP contribution in [0.3, 0.4) is 0 Å². The van der Waals surface area contributed by atoms with Crippen molar-refractivity contribution in [2.45, 2.75) is 59.8 Å². The molecule has 0 aliphatic carbocycles. The molecule has 0 bridgehead atoms. The second kappa shape index (κ2) is 11.0. The number of esters is 1. The molecule has 34 heavy (non-hydrogen) atoms. The first-order valence-electron chi connectivity index (χ1n) is 11.4. The number of carbonyl (C=O) groups excluding carboxylic acids is 1. The molecule has 0 aliphatic heterocycles. The van der Waals surface area contributed by atoms with E-state index in [1.54, 1.807) is 24.5 Å². The Hall–Kier alpha value is -3.61. The fourth-order valence-corrected chi connectivity index (χ4v) is 3.33. The predicted molar refractivity (Wildman–Crippen MR) is 133 cm³/mol. The van der Waals surface area contributed by atoms with Crippen LogP contribution in [-0.2, 0) is 11.3 Å². The first-order chi connectivity index (χ1) is 16.2. The molecule has 0 N–H and O–H groups in total. The molecule has 0 unspecified atom stereocenters. The van der Waals surface area contributed by atoms with E-state index in [0.717, 1.165) is 16.9 Å². The van der Waals surface area contributed by atoms with Crippen LogP contribution in [0.15, 0.2) is 61.2 Å². The molecule has 1 aromatic heterocycles. The van der Waals surface area contributed by atoms with Crippen LogP contribution in [0.2, 0.25) is 0 Å². The minimum absolute atomic E-state index is 0.00135. The highest BCUT2D eigenvalue weighted by molar-refractivity contribution is 5.90. The Labute approximate surface area is 201 Å². The summed E-state index contributed by atoms with van der Waals surface area (Å²) in [6.07, 6.45) is 5.08. The SMILES string of the molecule is CCOc1ccc(N(Cc2cncnc2)c2ccc(C(=O)OC(C)(C)C)cc2)cc1OC(C)C. The zero-order valence-corrected chi connectivity index (χ0v) is 20.7. The third kappa shape index (κ3) is 6.94. The largest absolute Gasteiger partial charge is 0.490 e. The quantitative estimate of drug-likeness (QED) is 0.363. The molecule has 0 radical (unpaired) electrons. The highest BCUT2D eigenvalue weighted by Crippen LogP contribution is 2.36. The molecule has 0 saturated carbocycles. The summed E-state index contributed by atoms with van der Waals surface area (Å²) in [7, 11) is 0. The molecule has 0 saturated heterocycles. The van der Waals surface area contributed by atoms with Crippen LogP contribution in [-0.4, -0.2) is 34.2 Å². The topological polar surface area (TPSA) is 73.8 Å². The number of hydrogen-bond donors (Lipinski definition) is 0. The smallest absolute Gasteiger partial charge is 0.338 e. The van der Waals surface area contributed by atoms with Crippen LogP contribution in [0.1, 0.15) is 57.5 Å². The van der Waals surface area contributed by atoms with Gasteiger partial charge in [0, 0.05) is 35.4 Å². The maximum Gasteiger partial charge on any atom is 0.338 e. The molecule has 3 aromatic rings. The first kappa shape index (κ1) is 25.0. The van der Waals surface area contributed by atoms with Gasteiger partial charge in [0.05, 0.1) is 24.8 Å². The van der Waals surface area contributed by atoms with Gasteiger partial charge in [-0.25, -0.2) is 14.8 Å². The van der Waals surface area contributed by atoms with Gasteiger partial charge < -0.3 is 19.1 Å². The molecule has 0 spiro atoms. The number of nitrogens with zero attached hydrogens (tertiary/aromatic N) is 3. The van der Waals surface area contributed by atoms with Crippen molar-refractivity contribution in [3.63, 3.8) is 0 Å². The van der Waals surface area contributed by atoms with E-state index in [4.69, 9.17) is 14.2 Å². The molecular weight excluding hydrogens is 430 g/mol. The molecule has 2 aromatic carbocycles. The Balaban J connectivity index is 1.98. The van der Waals surface area contributed by atoms with E-state index in [2.05, 4.69) is 14.9 Å². The zero-order valence-electron chi connectivity index (χ0n) is 20.7. The van der Waals surface area contributed by atoms with Crippen molar-refractivity contribution in [3.8, 4) is 11.5 Å². The van der Waals surface area contributed by atoms with E-state index in [-0.39, 0.29) is 12.1 Å². The summed E-state index contributed by atoms with van der Waals surface area (Å²) in [6, 6.07) is 13.2. The number of carbonyl (C=O) groups is 1. The molecule has 3 rings (SSSR count). The van der Waals surface area contributed by atoms with E-state index >= 15 is 0 Å². The lowest BCUT2D eigenvalue weighted by Gasteiger charge is -2.27. The molecular formula is C27H33N3O4. The summed E-state index contributed by atoms with van der Waals surface area (Å²) < 4.78 is 17.3. The Bertz CT molecular complexity index is 1080. The lowest BCUT2D eigenvalue weighted by atomic mass is 10.1. The summed E-state index contributed by atoms with van der Waals surface area (Å²) >= 11 is 0. The van der Waals surface area contributed by atoms with Gasteiger partial charge in [-0.1, -0.05) is 0 Å². The van der Waals surface area contributed by atoms with Gasteiger partial charge in [0.1, 0.15) is 11.9 Å². The predicted octanol–water partition coefficient (Wildman–Crippen LogP) is 5.96. The third-order valence-electron chi connectivity index (χ3n) is 4.67. The summed E-state index contributed by atoms with van der Waals surface area (Å²) in [4.78, 5) is 22.9. The van der Waals surface area contributed by atoms with Gasteiger partial charge in [0.2, 0.25) is 0 Å². The molecule has 180 valence electrons. The monoisotopic (exact) mass is 463 g/mol. The number of benzene rings is 2. The molecule has 7 nitrogen and oxygen atoms in total. The van der Waals surface area contributed by atoms with E-state index in [1.807, 2.05) is 71.9 Å². The molecule has 0 atom stereocenters. The van der Waals surface area contributed by atoms with E-state index in [1.165, 1.54) is 6.33 Å². The molecule has 0 aliphatic rings. The summed E-state index contributed by atoms with van der Waals surface area (Å²) in [6.45, 7) is 12.5. The Morgan fingerprint density at radius 3 is 2.21 bits per heavy atom. The second-order valence-electron chi connectivity index (χ2n) is 9.11. The van der Waals surface area contributed by atoms with Crippen LogP contribution in [0.4, 0.5) is 11.4 Å². The summed E-state index contributed by atoms with van der Waals surface area (Å²) in [5, 5.41) is 0. The van der Waals surface area contributed by atoms with Crippen LogP contribution in [0.5, 0.6) is 11.5 Å². The summed E-state index contributed by atoms with van der Waals surface area (Å²) in [5.41, 5.74) is 2.70. The normalized spacial score (nSPS) is 11.3. The number of anilines is 2. The average Bonchev–Trinajstić information content (AvgIpc) is 2.78. The van der Waals surface area contributed by atoms with Crippen molar-refractivity contribution in [1.29, 1.82) is 0 Å². The number of aromatic nitrogens is 2. The van der Waals surface area contributed by atoms with E-state index in [9.17, 15) is 4.79 Å². The summed E-state index contributed by atoms with van der Waals surface area (Å²) in [5.74, 6) is 1.02. The van der Waals surface area contributed by atoms with Crippen molar-refractivity contribution in [2.24, 2.45) is 0 Å². The minimum atomic E-state index is -0.551. The Kier molecular flexibility index (Phi) is 8.10. The maximum absolute atomic E-state index is 12.5. The van der Waals surface area contributed by atoms with Gasteiger partial charge in [-0.05, 0) is 77.9 Å². The number of hydrogen-bond acceptors (Lipinski definition) is 7. The van der Waals surface area contributed by atoms with Crippen molar-refractivity contribution in [3.05, 3.63) is 72.3 Å². The number of ether oxygens (including phenoxy) is 3. The highest BCUT2D eigenvalue weighted by Gasteiger charge is 2.19. The van der Waals surface area contributed by atoms with E-state index < -0.39 is 5.60 Å².